The molecule has 5 N–H and O–H groups in total. The van der Waals surface area contributed by atoms with Gasteiger partial charge in [-0.2, -0.15) is 0 Å². The van der Waals surface area contributed by atoms with Crippen molar-refractivity contribution in [1.82, 2.24) is 14.9 Å². The van der Waals surface area contributed by atoms with E-state index < -0.39 is 6.10 Å². The van der Waals surface area contributed by atoms with Crippen LogP contribution >= 0.6 is 0 Å². The van der Waals surface area contributed by atoms with Crippen LogP contribution in [-0.4, -0.2) is 57.6 Å². The number of phenols is 1. The number of imidazole rings is 1. The molecule has 0 saturated heterocycles. The molecule has 3 aromatic rings. The monoisotopic (exact) mass is 541 g/mol. The Labute approximate surface area is 228 Å². The average molecular weight is 542 g/mol. The van der Waals surface area contributed by atoms with Gasteiger partial charge in [-0.15, -0.1) is 0 Å². The number of aromatic amines is 1. The van der Waals surface area contributed by atoms with E-state index in [2.05, 4.69) is 15.0 Å². The fourth-order valence-corrected chi connectivity index (χ4v) is 4.29. The van der Waals surface area contributed by atoms with Crippen LogP contribution in [0.4, 0.5) is 0 Å². The van der Waals surface area contributed by atoms with Gasteiger partial charge >= 0.3 is 5.69 Å². The second kappa shape index (κ2) is 16.4. The number of H-pyrrole nitrogens is 1. The molecule has 3 rings (SSSR count). The number of hydrogen-bond donors (Lipinski definition) is 5. The second-order valence-electron chi connectivity index (χ2n) is 9.48. The second-order valence-corrected chi connectivity index (χ2v) is 9.48. The van der Waals surface area contributed by atoms with Gasteiger partial charge in [0.05, 0.1) is 18.0 Å². The maximum Gasteiger partial charge on any atom is 0.332 e. The number of nitrogens with zero attached hydrogens (tertiary/aromatic N) is 1. The van der Waals surface area contributed by atoms with Gasteiger partial charge in [0.15, 0.2) is 0 Å². The number of phenolic OH excluding ortho intramolecular Hbond substituents is 1. The molecule has 0 aliphatic carbocycles. The molecule has 10 nitrogen and oxygen atoms in total. The third kappa shape index (κ3) is 10.2. The molecule has 0 amide bonds. The standard InChI is InChI=1S/C29H39N3O7/c33-21-39-20-24-17-23(11-12-26(24)34)27(35)18-30-13-4-1-2-5-14-38-15-6-3-8-22-9-7-10-25(16-22)32-19-28(36)31-29(32)37/h7,9-12,16-17,19,21,27,30,34-36H,1-6,8,13-15,18,20H2,(H,31,37)/t27-/m0/s1. The van der Waals surface area contributed by atoms with Crippen LogP contribution in [0.5, 0.6) is 11.6 Å². The maximum absolute atomic E-state index is 11.8. The summed E-state index contributed by atoms with van der Waals surface area (Å²) in [6, 6.07) is 12.5. The molecule has 0 fully saturated rings. The molecule has 0 saturated carbocycles. The van der Waals surface area contributed by atoms with Crippen molar-refractivity contribution in [3.8, 4) is 17.3 Å². The molecule has 2 aromatic carbocycles. The summed E-state index contributed by atoms with van der Waals surface area (Å²) in [5.74, 6) is -0.123. The molecule has 1 heterocycles. The van der Waals surface area contributed by atoms with E-state index in [9.17, 15) is 24.9 Å². The first-order chi connectivity index (χ1) is 19.0. The largest absolute Gasteiger partial charge is 0.508 e. The van der Waals surface area contributed by atoms with Gasteiger partial charge in [0.2, 0.25) is 5.88 Å². The summed E-state index contributed by atoms with van der Waals surface area (Å²) < 4.78 is 11.8. The van der Waals surface area contributed by atoms with Crippen molar-refractivity contribution < 1.29 is 29.6 Å². The molecule has 0 unspecified atom stereocenters. The minimum absolute atomic E-state index is 0.0299. The van der Waals surface area contributed by atoms with Crippen LogP contribution in [-0.2, 0) is 27.3 Å². The number of ether oxygens (including phenoxy) is 2. The summed E-state index contributed by atoms with van der Waals surface area (Å²) >= 11 is 0. The van der Waals surface area contributed by atoms with Gasteiger partial charge in [0, 0.05) is 25.3 Å². The van der Waals surface area contributed by atoms with Crippen LogP contribution in [0.15, 0.2) is 53.5 Å². The zero-order valence-corrected chi connectivity index (χ0v) is 22.2. The Morgan fingerprint density at radius 3 is 2.56 bits per heavy atom. The summed E-state index contributed by atoms with van der Waals surface area (Å²) in [7, 11) is 0. The van der Waals surface area contributed by atoms with E-state index in [1.165, 1.54) is 16.8 Å². The third-order valence-electron chi connectivity index (χ3n) is 6.42. The van der Waals surface area contributed by atoms with Gasteiger partial charge in [-0.3, -0.25) is 14.3 Å². The fourth-order valence-electron chi connectivity index (χ4n) is 4.29. The van der Waals surface area contributed by atoms with Crippen LogP contribution in [0.1, 0.15) is 61.3 Å². The third-order valence-corrected chi connectivity index (χ3v) is 6.42. The van der Waals surface area contributed by atoms with E-state index in [0.29, 0.717) is 24.1 Å². The van der Waals surface area contributed by atoms with Crippen LogP contribution in [0, 0.1) is 0 Å². The Hall–Kier alpha value is -3.60. The average Bonchev–Trinajstić information content (AvgIpc) is 3.28. The van der Waals surface area contributed by atoms with Crippen molar-refractivity contribution in [1.29, 1.82) is 0 Å². The molecule has 0 bridgehead atoms. The summed E-state index contributed by atoms with van der Waals surface area (Å²) in [6.07, 6.45) is 7.71. The number of aliphatic hydroxyl groups is 1. The Morgan fingerprint density at radius 2 is 1.79 bits per heavy atom. The SMILES string of the molecule is O=COCc1cc([C@@H](O)CNCCCCCCOCCCCc2cccc(-n3cc(O)[nH]c3=O)c2)ccc1O. The summed E-state index contributed by atoms with van der Waals surface area (Å²) in [5.41, 5.74) is 2.62. The van der Waals surface area contributed by atoms with Gasteiger partial charge < -0.3 is 30.1 Å². The minimum Gasteiger partial charge on any atom is -0.508 e. The molecule has 0 aliphatic heterocycles. The topological polar surface area (TPSA) is 146 Å². The first-order valence-corrected chi connectivity index (χ1v) is 13.4. The van der Waals surface area contributed by atoms with Crippen LogP contribution in [0.2, 0.25) is 0 Å². The Bertz CT molecular complexity index is 1210. The van der Waals surface area contributed by atoms with Gasteiger partial charge in [-0.1, -0.05) is 31.0 Å². The lowest BCUT2D eigenvalue weighted by Gasteiger charge is -2.14. The lowest BCUT2D eigenvalue weighted by Crippen LogP contribution is -2.22. The van der Waals surface area contributed by atoms with E-state index in [-0.39, 0.29) is 23.9 Å². The number of nitrogens with one attached hydrogen (secondary N) is 2. The first-order valence-electron chi connectivity index (χ1n) is 13.4. The van der Waals surface area contributed by atoms with Gasteiger partial charge in [0.25, 0.3) is 6.47 Å². The number of benzene rings is 2. The van der Waals surface area contributed by atoms with E-state index in [0.717, 1.165) is 76.0 Å². The lowest BCUT2D eigenvalue weighted by molar-refractivity contribution is -0.129. The van der Waals surface area contributed by atoms with Gasteiger partial charge in [0.1, 0.15) is 12.4 Å². The Morgan fingerprint density at radius 1 is 1.00 bits per heavy atom. The highest BCUT2D eigenvalue weighted by Gasteiger charge is 2.11. The highest BCUT2D eigenvalue weighted by Crippen LogP contribution is 2.23. The predicted octanol–water partition coefficient (Wildman–Crippen LogP) is 3.47. The number of carbonyl (C=O) groups excluding carboxylic acids is 1. The van der Waals surface area contributed by atoms with Crippen molar-refractivity contribution in [2.24, 2.45) is 0 Å². The van der Waals surface area contributed by atoms with E-state index >= 15 is 0 Å². The smallest absolute Gasteiger partial charge is 0.332 e. The van der Waals surface area contributed by atoms with Crippen molar-refractivity contribution in [2.75, 3.05) is 26.3 Å². The zero-order valence-electron chi connectivity index (χ0n) is 22.2. The number of carbonyl (C=O) groups is 1. The minimum atomic E-state index is -0.712. The molecular weight excluding hydrogens is 502 g/mol. The van der Waals surface area contributed by atoms with Crippen LogP contribution in [0.3, 0.4) is 0 Å². The highest BCUT2D eigenvalue weighted by atomic mass is 16.5. The Balaban J connectivity index is 1.17. The number of unbranched alkanes of at least 4 members (excludes halogenated alkanes) is 4. The summed E-state index contributed by atoms with van der Waals surface area (Å²) in [5, 5.41) is 32.9. The van der Waals surface area contributed by atoms with Gasteiger partial charge in [-0.25, -0.2) is 4.79 Å². The van der Waals surface area contributed by atoms with E-state index in [1.54, 1.807) is 12.1 Å². The molecule has 39 heavy (non-hydrogen) atoms. The van der Waals surface area contributed by atoms with Crippen molar-refractivity contribution >= 4 is 6.47 Å². The quantitative estimate of drug-likeness (QED) is 0.115. The number of aromatic hydroxyl groups is 2. The normalized spacial score (nSPS) is 11.9. The molecule has 0 radical (unpaired) electrons. The van der Waals surface area contributed by atoms with Crippen molar-refractivity contribution in [3.63, 3.8) is 0 Å². The number of aromatic nitrogens is 2. The zero-order chi connectivity index (χ0) is 27.9. The van der Waals surface area contributed by atoms with Crippen LogP contribution in [0.25, 0.3) is 5.69 Å². The lowest BCUT2D eigenvalue weighted by atomic mass is 10.1. The fraction of sp³-hybridized carbons (Fsp3) is 0.448. The van der Waals surface area contributed by atoms with E-state index in [4.69, 9.17) is 4.74 Å². The number of aryl methyl sites for hydroxylation is 1. The summed E-state index contributed by atoms with van der Waals surface area (Å²) in [6.45, 7) is 2.97. The maximum atomic E-state index is 11.8. The molecule has 0 aliphatic rings. The number of rotatable bonds is 19. The molecule has 212 valence electrons. The molecule has 10 heteroatoms. The predicted molar refractivity (Wildman–Crippen MR) is 147 cm³/mol. The molecule has 0 spiro atoms. The van der Waals surface area contributed by atoms with E-state index in [1.807, 2.05) is 24.3 Å². The molecule has 1 atom stereocenters. The van der Waals surface area contributed by atoms with Crippen molar-refractivity contribution in [2.45, 2.75) is 57.7 Å². The summed E-state index contributed by atoms with van der Waals surface area (Å²) in [4.78, 5) is 24.6. The van der Waals surface area contributed by atoms with Crippen LogP contribution < -0.4 is 11.0 Å². The molecule has 1 aromatic heterocycles. The first kappa shape index (κ1) is 29.9. The molecular formula is C29H39N3O7. The van der Waals surface area contributed by atoms with Gasteiger partial charge in [-0.05, 0) is 74.0 Å². The Kier molecular flexibility index (Phi) is 12.6. The van der Waals surface area contributed by atoms with Crippen molar-refractivity contribution in [3.05, 3.63) is 75.8 Å². The highest BCUT2D eigenvalue weighted by molar-refractivity contribution is 5.41. The number of hydrogen-bond acceptors (Lipinski definition) is 8. The number of aliphatic hydroxyl groups excluding tert-OH is 1.